The highest BCUT2D eigenvalue weighted by Gasteiger charge is 2.12. The van der Waals surface area contributed by atoms with E-state index in [9.17, 15) is 14.7 Å². The third kappa shape index (κ3) is 5.30. The van der Waals surface area contributed by atoms with Gasteiger partial charge in [0, 0.05) is 18.1 Å². The third-order valence-corrected chi connectivity index (χ3v) is 3.61. The first kappa shape index (κ1) is 16.8. The molecule has 2 aromatic carbocycles. The molecule has 0 unspecified atom stereocenters. The maximum absolute atomic E-state index is 11.7. The highest BCUT2D eigenvalue weighted by Crippen LogP contribution is 2.14. The topological polar surface area (TPSA) is 78.4 Å². The number of rotatable bonds is 5. The zero-order valence-corrected chi connectivity index (χ0v) is 13.1. The largest absolute Gasteiger partial charge is 0.508 e. The molecular weight excluding hydrogens is 316 g/mol. The second-order valence-corrected chi connectivity index (χ2v) is 5.35. The van der Waals surface area contributed by atoms with E-state index in [-0.39, 0.29) is 12.3 Å². The van der Waals surface area contributed by atoms with Gasteiger partial charge < -0.3 is 15.7 Å². The van der Waals surface area contributed by atoms with Gasteiger partial charge in [-0.3, -0.25) is 9.59 Å². The summed E-state index contributed by atoms with van der Waals surface area (Å²) in [6.07, 6.45) is 0.573. The van der Waals surface area contributed by atoms with Crippen molar-refractivity contribution < 1.29 is 14.7 Å². The molecule has 2 amide bonds. The van der Waals surface area contributed by atoms with Gasteiger partial charge >= 0.3 is 11.8 Å². The molecule has 120 valence electrons. The van der Waals surface area contributed by atoms with Crippen molar-refractivity contribution in [3.8, 4) is 5.75 Å². The van der Waals surface area contributed by atoms with Gasteiger partial charge in [0.15, 0.2) is 0 Å². The Labute approximate surface area is 139 Å². The minimum absolute atomic E-state index is 0.191. The molecule has 0 radical (unpaired) electrons. The average molecular weight is 333 g/mol. The van der Waals surface area contributed by atoms with Crippen LogP contribution in [0.15, 0.2) is 48.5 Å². The SMILES string of the molecule is O=C(NCCc1ccc(O)cc1)C(=O)NCc1ccccc1Cl. The number of amides is 2. The maximum atomic E-state index is 11.7. The average Bonchev–Trinajstić information content (AvgIpc) is 2.55. The van der Waals surface area contributed by atoms with E-state index < -0.39 is 11.8 Å². The summed E-state index contributed by atoms with van der Waals surface area (Å²) in [6.45, 7) is 0.535. The van der Waals surface area contributed by atoms with Crippen molar-refractivity contribution in [2.75, 3.05) is 6.54 Å². The molecule has 6 heteroatoms. The third-order valence-electron chi connectivity index (χ3n) is 3.24. The van der Waals surface area contributed by atoms with E-state index in [4.69, 9.17) is 11.6 Å². The van der Waals surface area contributed by atoms with Crippen molar-refractivity contribution in [1.82, 2.24) is 10.6 Å². The first-order chi connectivity index (χ1) is 11.1. The molecule has 0 fully saturated rings. The van der Waals surface area contributed by atoms with E-state index in [1.165, 1.54) is 0 Å². The summed E-state index contributed by atoms with van der Waals surface area (Å²) in [7, 11) is 0. The van der Waals surface area contributed by atoms with Crippen LogP contribution in [0.1, 0.15) is 11.1 Å². The molecule has 0 bridgehead atoms. The van der Waals surface area contributed by atoms with Crippen LogP contribution in [-0.4, -0.2) is 23.5 Å². The van der Waals surface area contributed by atoms with Crippen molar-refractivity contribution in [2.24, 2.45) is 0 Å². The smallest absolute Gasteiger partial charge is 0.309 e. The van der Waals surface area contributed by atoms with E-state index in [1.807, 2.05) is 6.07 Å². The van der Waals surface area contributed by atoms with Crippen molar-refractivity contribution in [2.45, 2.75) is 13.0 Å². The van der Waals surface area contributed by atoms with Gasteiger partial charge in [-0.2, -0.15) is 0 Å². The molecule has 0 aromatic heterocycles. The minimum Gasteiger partial charge on any atom is -0.508 e. The predicted octanol–water partition coefficient (Wildman–Crippen LogP) is 2.02. The Bertz CT molecular complexity index is 686. The molecule has 2 rings (SSSR count). The molecule has 0 saturated heterocycles. The number of carbonyl (C=O) groups excluding carboxylic acids is 2. The number of benzene rings is 2. The van der Waals surface area contributed by atoms with Crippen LogP contribution in [0.25, 0.3) is 0 Å². The van der Waals surface area contributed by atoms with Gasteiger partial charge in [0.1, 0.15) is 5.75 Å². The lowest BCUT2D eigenvalue weighted by Gasteiger charge is -2.08. The van der Waals surface area contributed by atoms with Crippen molar-refractivity contribution >= 4 is 23.4 Å². The normalized spacial score (nSPS) is 10.1. The zero-order chi connectivity index (χ0) is 16.7. The molecule has 5 nitrogen and oxygen atoms in total. The minimum atomic E-state index is -0.698. The van der Waals surface area contributed by atoms with E-state index in [1.54, 1.807) is 42.5 Å². The van der Waals surface area contributed by atoms with Crippen LogP contribution in [0.3, 0.4) is 0 Å². The molecule has 0 spiro atoms. The molecule has 2 aromatic rings. The van der Waals surface area contributed by atoms with Gasteiger partial charge in [0.25, 0.3) is 0 Å². The van der Waals surface area contributed by atoms with Crippen LogP contribution in [0, 0.1) is 0 Å². The molecule has 0 aliphatic carbocycles. The molecule has 0 aliphatic rings. The quantitative estimate of drug-likeness (QED) is 0.733. The molecule has 0 heterocycles. The molecule has 23 heavy (non-hydrogen) atoms. The fourth-order valence-electron chi connectivity index (χ4n) is 1.96. The van der Waals surface area contributed by atoms with Gasteiger partial charge in [0.05, 0.1) is 0 Å². The Hall–Kier alpha value is -2.53. The predicted molar refractivity (Wildman–Crippen MR) is 88.1 cm³/mol. The highest BCUT2D eigenvalue weighted by atomic mass is 35.5. The number of phenols is 1. The molecule has 0 atom stereocenters. The van der Waals surface area contributed by atoms with Crippen molar-refractivity contribution in [3.05, 3.63) is 64.7 Å². The fraction of sp³-hybridized carbons (Fsp3) is 0.176. The van der Waals surface area contributed by atoms with Gasteiger partial charge in [0.2, 0.25) is 0 Å². The maximum Gasteiger partial charge on any atom is 0.309 e. The molecule has 0 saturated carbocycles. The van der Waals surface area contributed by atoms with Gasteiger partial charge in [-0.15, -0.1) is 0 Å². The van der Waals surface area contributed by atoms with Crippen LogP contribution in [-0.2, 0) is 22.6 Å². The Balaban J connectivity index is 1.73. The number of carbonyl (C=O) groups is 2. The van der Waals surface area contributed by atoms with Gasteiger partial charge in [-0.25, -0.2) is 0 Å². The van der Waals surface area contributed by atoms with Crippen molar-refractivity contribution in [1.29, 1.82) is 0 Å². The van der Waals surface area contributed by atoms with Crippen LogP contribution < -0.4 is 10.6 Å². The number of halogens is 1. The summed E-state index contributed by atoms with van der Waals surface area (Å²) >= 11 is 5.98. The summed E-state index contributed by atoms with van der Waals surface area (Å²) in [5, 5.41) is 14.8. The van der Waals surface area contributed by atoms with Crippen LogP contribution in [0.4, 0.5) is 0 Å². The number of aromatic hydroxyl groups is 1. The Morgan fingerprint density at radius 3 is 2.30 bits per heavy atom. The second kappa shape index (κ2) is 8.19. The zero-order valence-electron chi connectivity index (χ0n) is 12.4. The first-order valence-corrected chi connectivity index (χ1v) is 7.51. The number of nitrogens with one attached hydrogen (secondary N) is 2. The lowest BCUT2D eigenvalue weighted by atomic mass is 10.1. The van der Waals surface area contributed by atoms with Gasteiger partial charge in [-0.1, -0.05) is 41.9 Å². The monoisotopic (exact) mass is 332 g/mol. The number of hydrogen-bond acceptors (Lipinski definition) is 3. The summed E-state index contributed by atoms with van der Waals surface area (Å²) in [5.41, 5.74) is 1.71. The van der Waals surface area contributed by atoms with Crippen LogP contribution in [0.2, 0.25) is 5.02 Å². The van der Waals surface area contributed by atoms with Crippen molar-refractivity contribution in [3.63, 3.8) is 0 Å². The molecule has 3 N–H and O–H groups in total. The number of phenolic OH excluding ortho intramolecular Hbond substituents is 1. The second-order valence-electron chi connectivity index (χ2n) is 4.95. The Morgan fingerprint density at radius 1 is 0.957 bits per heavy atom. The molecule has 0 aliphatic heterocycles. The Kier molecular flexibility index (Phi) is 6.00. The van der Waals surface area contributed by atoms with Crippen LogP contribution in [0.5, 0.6) is 5.75 Å². The lowest BCUT2D eigenvalue weighted by Crippen LogP contribution is -2.40. The summed E-state index contributed by atoms with van der Waals surface area (Å²) < 4.78 is 0. The van der Waals surface area contributed by atoms with E-state index >= 15 is 0 Å². The first-order valence-electron chi connectivity index (χ1n) is 7.13. The lowest BCUT2D eigenvalue weighted by molar-refractivity contribution is -0.139. The standard InChI is InChI=1S/C17H17ClN2O3/c18-15-4-2-1-3-13(15)11-20-17(23)16(22)19-10-9-12-5-7-14(21)8-6-12/h1-8,21H,9-11H2,(H,19,22)(H,20,23). The van der Waals surface area contributed by atoms with E-state index in [2.05, 4.69) is 10.6 Å². The Morgan fingerprint density at radius 2 is 1.61 bits per heavy atom. The summed E-state index contributed by atoms with van der Waals surface area (Å²) in [5.74, 6) is -1.19. The van der Waals surface area contributed by atoms with Crippen LogP contribution >= 0.6 is 11.6 Å². The van der Waals surface area contributed by atoms with E-state index in [0.717, 1.165) is 11.1 Å². The van der Waals surface area contributed by atoms with Gasteiger partial charge in [-0.05, 0) is 35.7 Å². The van der Waals surface area contributed by atoms with E-state index in [0.29, 0.717) is 18.0 Å². The summed E-state index contributed by atoms with van der Waals surface area (Å²) in [4.78, 5) is 23.4. The summed E-state index contributed by atoms with van der Waals surface area (Å²) in [6, 6.07) is 13.8. The molecular formula is C17H17ClN2O3. The fourth-order valence-corrected chi connectivity index (χ4v) is 2.16. The number of hydrogen-bond donors (Lipinski definition) is 3. The highest BCUT2D eigenvalue weighted by molar-refractivity contribution is 6.35.